The van der Waals surface area contributed by atoms with Gasteiger partial charge in [-0.3, -0.25) is 4.90 Å². The summed E-state index contributed by atoms with van der Waals surface area (Å²) < 4.78 is 0. The van der Waals surface area contributed by atoms with Crippen molar-refractivity contribution >= 4 is 0 Å². The van der Waals surface area contributed by atoms with Gasteiger partial charge in [-0.25, -0.2) is 0 Å². The van der Waals surface area contributed by atoms with Crippen LogP contribution in [0.25, 0.3) is 0 Å². The van der Waals surface area contributed by atoms with Crippen molar-refractivity contribution in [1.29, 1.82) is 5.26 Å². The van der Waals surface area contributed by atoms with E-state index in [1.54, 1.807) is 0 Å². The van der Waals surface area contributed by atoms with E-state index in [2.05, 4.69) is 41.3 Å². The number of hydrogen-bond acceptors (Lipinski definition) is 2. The second-order valence-corrected chi connectivity index (χ2v) is 5.43. The molecule has 2 nitrogen and oxygen atoms in total. The Labute approximate surface area is 103 Å². The van der Waals surface area contributed by atoms with Gasteiger partial charge in [0.05, 0.1) is 12.0 Å². The summed E-state index contributed by atoms with van der Waals surface area (Å²) in [7, 11) is 0. The van der Waals surface area contributed by atoms with Crippen molar-refractivity contribution in [3.05, 3.63) is 35.9 Å². The van der Waals surface area contributed by atoms with Gasteiger partial charge in [0.15, 0.2) is 0 Å². The van der Waals surface area contributed by atoms with Gasteiger partial charge >= 0.3 is 0 Å². The number of likely N-dealkylation sites (tertiary alicyclic amines) is 1. The molecule has 17 heavy (non-hydrogen) atoms. The number of benzene rings is 1. The predicted molar refractivity (Wildman–Crippen MR) is 67.0 cm³/mol. The van der Waals surface area contributed by atoms with Crippen molar-refractivity contribution in [2.45, 2.75) is 19.4 Å². The van der Waals surface area contributed by atoms with Gasteiger partial charge in [-0.15, -0.1) is 0 Å². The average molecular weight is 226 g/mol. The van der Waals surface area contributed by atoms with Crippen LogP contribution in [0.15, 0.2) is 30.3 Å². The van der Waals surface area contributed by atoms with Crippen LogP contribution in [0.1, 0.15) is 18.4 Å². The highest BCUT2D eigenvalue weighted by Crippen LogP contribution is 2.41. The number of nitrogens with zero attached hydrogens (tertiary/aromatic N) is 2. The van der Waals surface area contributed by atoms with Gasteiger partial charge in [0.25, 0.3) is 0 Å². The van der Waals surface area contributed by atoms with Crippen molar-refractivity contribution < 1.29 is 0 Å². The molecule has 2 heteroatoms. The van der Waals surface area contributed by atoms with E-state index < -0.39 is 0 Å². The molecule has 1 saturated heterocycles. The van der Waals surface area contributed by atoms with E-state index in [9.17, 15) is 5.26 Å². The topological polar surface area (TPSA) is 27.0 Å². The van der Waals surface area contributed by atoms with Crippen molar-refractivity contribution in [3.63, 3.8) is 0 Å². The van der Waals surface area contributed by atoms with E-state index in [1.807, 2.05) is 0 Å². The Morgan fingerprint density at radius 2 is 1.76 bits per heavy atom. The van der Waals surface area contributed by atoms with Gasteiger partial charge in [0, 0.05) is 19.6 Å². The smallest absolute Gasteiger partial charge is 0.0662 e. The second kappa shape index (κ2) is 4.50. The molecular formula is C15H18N2. The number of nitriles is 1. The van der Waals surface area contributed by atoms with Crippen molar-refractivity contribution in [3.8, 4) is 6.07 Å². The first kappa shape index (κ1) is 10.8. The lowest BCUT2D eigenvalue weighted by molar-refractivity contribution is 0.129. The van der Waals surface area contributed by atoms with Gasteiger partial charge < -0.3 is 0 Å². The van der Waals surface area contributed by atoms with Gasteiger partial charge in [-0.1, -0.05) is 30.3 Å². The standard InChI is InChI=1S/C15H18N2/c16-8-15-13-6-7-14(15)11-17(10-13)9-12-4-2-1-3-5-12/h1-5,13-15H,6-7,9-11H2/t13-,14+,15-. The molecule has 1 aromatic rings. The summed E-state index contributed by atoms with van der Waals surface area (Å²) in [5.41, 5.74) is 1.39. The molecule has 0 radical (unpaired) electrons. The maximum atomic E-state index is 9.18. The number of rotatable bonds is 2. The highest BCUT2D eigenvalue weighted by atomic mass is 15.1. The zero-order valence-electron chi connectivity index (χ0n) is 10.0. The fraction of sp³-hybridized carbons (Fsp3) is 0.533. The van der Waals surface area contributed by atoms with Gasteiger partial charge in [-0.05, 0) is 30.2 Å². The molecular weight excluding hydrogens is 208 g/mol. The minimum atomic E-state index is 0.335. The number of fused-ring (bicyclic) bond motifs is 2. The summed E-state index contributed by atoms with van der Waals surface area (Å²) in [6.07, 6.45) is 2.52. The molecule has 1 heterocycles. The van der Waals surface area contributed by atoms with E-state index in [0.717, 1.165) is 19.6 Å². The highest BCUT2D eigenvalue weighted by Gasteiger charge is 2.41. The van der Waals surface area contributed by atoms with Crippen LogP contribution in [0.2, 0.25) is 0 Å². The van der Waals surface area contributed by atoms with Crippen LogP contribution in [0.3, 0.4) is 0 Å². The summed E-state index contributed by atoms with van der Waals surface area (Å²) in [6.45, 7) is 3.28. The third kappa shape index (κ3) is 2.08. The monoisotopic (exact) mass is 226 g/mol. The molecule has 1 saturated carbocycles. The first-order valence-corrected chi connectivity index (χ1v) is 6.52. The Hall–Kier alpha value is -1.33. The number of piperidine rings is 1. The molecule has 1 aromatic carbocycles. The zero-order valence-corrected chi connectivity index (χ0v) is 10.0. The van der Waals surface area contributed by atoms with Crippen LogP contribution in [0.4, 0.5) is 0 Å². The minimum Gasteiger partial charge on any atom is -0.298 e. The van der Waals surface area contributed by atoms with Crippen LogP contribution in [-0.4, -0.2) is 18.0 Å². The fourth-order valence-corrected chi connectivity index (χ4v) is 3.50. The molecule has 2 aliphatic rings. The first-order valence-electron chi connectivity index (χ1n) is 6.52. The molecule has 1 aliphatic heterocycles. The summed E-state index contributed by atoms with van der Waals surface area (Å²) in [4.78, 5) is 2.53. The molecule has 0 unspecified atom stereocenters. The van der Waals surface area contributed by atoms with Crippen LogP contribution in [0.5, 0.6) is 0 Å². The van der Waals surface area contributed by atoms with Gasteiger partial charge in [0.1, 0.15) is 0 Å². The Morgan fingerprint density at radius 3 is 2.35 bits per heavy atom. The van der Waals surface area contributed by atoms with E-state index >= 15 is 0 Å². The third-order valence-electron chi connectivity index (χ3n) is 4.31. The Balaban J connectivity index is 1.67. The largest absolute Gasteiger partial charge is 0.298 e. The molecule has 0 aromatic heterocycles. The van der Waals surface area contributed by atoms with Crippen molar-refractivity contribution in [1.82, 2.24) is 4.90 Å². The lowest BCUT2D eigenvalue weighted by Gasteiger charge is -2.34. The molecule has 0 amide bonds. The first-order chi connectivity index (χ1) is 8.36. The summed E-state index contributed by atoms with van der Waals surface area (Å²) in [5, 5.41) is 9.18. The zero-order chi connectivity index (χ0) is 11.7. The Kier molecular flexibility index (Phi) is 2.86. The summed E-state index contributed by atoms with van der Waals surface area (Å²) in [6, 6.07) is 13.2. The van der Waals surface area contributed by atoms with Crippen LogP contribution < -0.4 is 0 Å². The molecule has 3 rings (SSSR count). The van der Waals surface area contributed by atoms with Crippen LogP contribution in [0, 0.1) is 29.1 Å². The van der Waals surface area contributed by atoms with Crippen molar-refractivity contribution in [2.24, 2.45) is 17.8 Å². The lowest BCUT2D eigenvalue weighted by Crippen LogP contribution is -2.40. The van der Waals surface area contributed by atoms with E-state index in [-0.39, 0.29) is 0 Å². The normalized spacial score (nSPS) is 32.3. The molecule has 88 valence electrons. The minimum absolute atomic E-state index is 0.335. The summed E-state index contributed by atoms with van der Waals surface area (Å²) in [5.74, 6) is 1.59. The van der Waals surface area contributed by atoms with E-state index in [1.165, 1.54) is 18.4 Å². The third-order valence-corrected chi connectivity index (χ3v) is 4.31. The van der Waals surface area contributed by atoms with Crippen molar-refractivity contribution in [2.75, 3.05) is 13.1 Å². The molecule has 2 fully saturated rings. The van der Waals surface area contributed by atoms with Gasteiger partial charge in [-0.2, -0.15) is 5.26 Å². The maximum absolute atomic E-state index is 9.18. The van der Waals surface area contributed by atoms with E-state index in [0.29, 0.717) is 17.8 Å². The molecule has 1 aliphatic carbocycles. The van der Waals surface area contributed by atoms with E-state index in [4.69, 9.17) is 0 Å². The Morgan fingerprint density at radius 1 is 1.12 bits per heavy atom. The number of hydrogen-bond donors (Lipinski definition) is 0. The molecule has 3 atom stereocenters. The van der Waals surface area contributed by atoms with Crippen LogP contribution in [-0.2, 0) is 6.54 Å². The quantitative estimate of drug-likeness (QED) is 0.775. The SMILES string of the molecule is N#C[C@@H]1[C@@H]2CC[C@H]1CN(Cc1ccccc1)C2. The second-order valence-electron chi connectivity index (χ2n) is 5.43. The summed E-state index contributed by atoms with van der Waals surface area (Å²) >= 11 is 0. The van der Waals surface area contributed by atoms with Crippen LogP contribution >= 0.6 is 0 Å². The van der Waals surface area contributed by atoms with Gasteiger partial charge in [0.2, 0.25) is 0 Å². The predicted octanol–water partition coefficient (Wildman–Crippen LogP) is 2.67. The molecule has 2 bridgehead atoms. The maximum Gasteiger partial charge on any atom is 0.0662 e. The lowest BCUT2D eigenvalue weighted by atomic mass is 9.86. The molecule has 0 N–H and O–H groups in total. The fourth-order valence-electron chi connectivity index (χ4n) is 3.50. The molecule has 0 spiro atoms. The Bertz CT molecular complexity index is 406. The highest BCUT2D eigenvalue weighted by molar-refractivity contribution is 5.15. The average Bonchev–Trinajstić information content (AvgIpc) is 2.61.